The van der Waals surface area contributed by atoms with Crippen LogP contribution in [0.4, 0.5) is 0 Å². The second-order valence-electron chi connectivity index (χ2n) is 9.61. The highest BCUT2D eigenvalue weighted by atomic mass is 16.4. The van der Waals surface area contributed by atoms with Gasteiger partial charge in [0.1, 0.15) is 0 Å². The summed E-state index contributed by atoms with van der Waals surface area (Å²) in [6.45, 7) is 11.9. The van der Waals surface area contributed by atoms with Crippen molar-refractivity contribution in [2.45, 2.75) is 72.8 Å². The van der Waals surface area contributed by atoms with Gasteiger partial charge in [0.2, 0.25) is 0 Å². The van der Waals surface area contributed by atoms with Gasteiger partial charge in [0.15, 0.2) is 0 Å². The van der Waals surface area contributed by atoms with Crippen molar-refractivity contribution >= 4 is 22.3 Å². The Morgan fingerprint density at radius 3 is 2.32 bits per heavy atom. The van der Waals surface area contributed by atoms with Gasteiger partial charge in [0, 0.05) is 0 Å². The Hall–Kier alpha value is -2.13. The summed E-state index contributed by atoms with van der Waals surface area (Å²) in [6, 6.07) is 10.4. The lowest BCUT2D eigenvalue weighted by molar-refractivity contribution is -0.136. The molecule has 0 saturated heterocycles. The highest BCUT2D eigenvalue weighted by molar-refractivity contribution is 5.97. The van der Waals surface area contributed by atoms with Crippen LogP contribution in [0.25, 0.3) is 16.3 Å². The molecule has 152 valence electrons. The van der Waals surface area contributed by atoms with Gasteiger partial charge in [-0.1, -0.05) is 50.3 Å². The van der Waals surface area contributed by atoms with Crippen molar-refractivity contribution in [3.05, 3.63) is 53.1 Å². The van der Waals surface area contributed by atoms with Crippen molar-refractivity contribution in [1.82, 2.24) is 0 Å². The Bertz CT molecular complexity index is 877. The van der Waals surface area contributed by atoms with Crippen molar-refractivity contribution in [2.75, 3.05) is 0 Å². The molecule has 28 heavy (non-hydrogen) atoms. The molecule has 2 aromatic rings. The molecule has 0 fully saturated rings. The highest BCUT2D eigenvalue weighted by Crippen LogP contribution is 2.41. The fourth-order valence-electron chi connectivity index (χ4n) is 3.58. The van der Waals surface area contributed by atoms with Gasteiger partial charge in [-0.15, -0.1) is 0 Å². The van der Waals surface area contributed by atoms with Crippen molar-refractivity contribution in [3.63, 3.8) is 0 Å². The number of aryl methyl sites for hydroxylation is 1. The van der Waals surface area contributed by atoms with E-state index in [0.29, 0.717) is 5.41 Å². The van der Waals surface area contributed by atoms with Crippen LogP contribution in [0.2, 0.25) is 0 Å². The third-order valence-electron chi connectivity index (χ3n) is 5.00. The molecule has 0 spiro atoms. The number of rotatable bonds is 3. The number of hydrogen-bond donors (Lipinski definition) is 2. The first-order valence-electron chi connectivity index (χ1n) is 10.0. The summed E-state index contributed by atoms with van der Waals surface area (Å²) >= 11 is 0. The van der Waals surface area contributed by atoms with Crippen LogP contribution >= 0.6 is 0 Å². The molecule has 0 unspecified atom stereocenters. The molecule has 0 amide bonds. The fraction of sp³-hybridized carbons (Fsp3) is 0.480. The van der Waals surface area contributed by atoms with Crippen molar-refractivity contribution < 1.29 is 15.0 Å². The van der Waals surface area contributed by atoms with E-state index < -0.39 is 11.6 Å². The maximum absolute atomic E-state index is 11.4. The van der Waals surface area contributed by atoms with Crippen LogP contribution in [0, 0.1) is 12.3 Å². The van der Waals surface area contributed by atoms with E-state index in [1.54, 1.807) is 20.8 Å². The van der Waals surface area contributed by atoms with E-state index in [1.807, 2.05) is 19.1 Å². The first-order valence-corrected chi connectivity index (χ1v) is 10.0. The van der Waals surface area contributed by atoms with Crippen molar-refractivity contribution in [2.24, 2.45) is 5.41 Å². The predicted molar refractivity (Wildman–Crippen MR) is 118 cm³/mol. The number of aliphatic hydroxyl groups is 1. The van der Waals surface area contributed by atoms with Gasteiger partial charge >= 0.3 is 5.97 Å². The van der Waals surface area contributed by atoms with Crippen molar-refractivity contribution in [1.29, 1.82) is 0 Å². The molecule has 3 rings (SSSR count). The number of carboxylic acid groups (broad SMARTS) is 1. The second kappa shape index (κ2) is 8.48. The Morgan fingerprint density at radius 1 is 1.18 bits per heavy atom. The SMILES string of the molecule is CC(C)(C)O.Cc1cc2ccccc2c(C2=CCC(C)(C)CC2)c1CC(=O)O. The summed E-state index contributed by atoms with van der Waals surface area (Å²) in [5.74, 6) is -0.763. The number of benzene rings is 2. The van der Waals surface area contributed by atoms with Crippen LogP contribution in [-0.4, -0.2) is 21.8 Å². The van der Waals surface area contributed by atoms with E-state index in [4.69, 9.17) is 5.11 Å². The summed E-state index contributed by atoms with van der Waals surface area (Å²) in [7, 11) is 0. The molecule has 0 heterocycles. The number of aliphatic carboxylic acids is 1. The Kier molecular flexibility index (Phi) is 6.71. The van der Waals surface area contributed by atoms with Gasteiger partial charge in [0.25, 0.3) is 0 Å². The van der Waals surface area contributed by atoms with Gasteiger partial charge in [-0.25, -0.2) is 0 Å². The number of allylic oxidation sites excluding steroid dienone is 2. The van der Waals surface area contributed by atoms with E-state index >= 15 is 0 Å². The first kappa shape index (κ1) is 22.2. The summed E-state index contributed by atoms with van der Waals surface area (Å²) in [6.07, 6.45) is 5.64. The van der Waals surface area contributed by atoms with Crippen LogP contribution in [-0.2, 0) is 11.2 Å². The van der Waals surface area contributed by atoms with Gasteiger partial charge in [0.05, 0.1) is 12.0 Å². The molecule has 0 saturated carbocycles. The average molecular weight is 383 g/mol. The van der Waals surface area contributed by atoms with Crippen LogP contribution in [0.3, 0.4) is 0 Å². The minimum absolute atomic E-state index is 0.0900. The number of hydrogen-bond acceptors (Lipinski definition) is 2. The van der Waals surface area contributed by atoms with Crippen LogP contribution in [0.5, 0.6) is 0 Å². The first-order chi connectivity index (χ1) is 12.9. The molecule has 0 bridgehead atoms. The zero-order valence-corrected chi connectivity index (χ0v) is 18.1. The largest absolute Gasteiger partial charge is 0.481 e. The van der Waals surface area contributed by atoms with Crippen LogP contribution in [0.1, 0.15) is 70.6 Å². The molecular formula is C25H34O3. The van der Waals surface area contributed by atoms with Gasteiger partial charge in [-0.3, -0.25) is 4.79 Å². The fourth-order valence-corrected chi connectivity index (χ4v) is 3.58. The zero-order chi connectivity index (χ0) is 21.1. The maximum Gasteiger partial charge on any atom is 0.307 e. The number of fused-ring (bicyclic) bond motifs is 1. The van der Waals surface area contributed by atoms with E-state index in [0.717, 1.165) is 30.4 Å². The van der Waals surface area contributed by atoms with Crippen molar-refractivity contribution in [3.8, 4) is 0 Å². The van der Waals surface area contributed by atoms with E-state index in [-0.39, 0.29) is 6.42 Å². The van der Waals surface area contributed by atoms with Gasteiger partial charge in [-0.2, -0.15) is 0 Å². The molecule has 0 radical (unpaired) electrons. The third-order valence-corrected chi connectivity index (χ3v) is 5.00. The predicted octanol–water partition coefficient (Wildman–Crippen LogP) is 6.15. The minimum atomic E-state index is -0.763. The summed E-state index contributed by atoms with van der Waals surface area (Å²) in [5.41, 5.74) is 4.38. The lowest BCUT2D eigenvalue weighted by Gasteiger charge is -2.30. The number of carbonyl (C=O) groups is 1. The Morgan fingerprint density at radius 2 is 1.79 bits per heavy atom. The smallest absolute Gasteiger partial charge is 0.307 e. The molecule has 0 aromatic heterocycles. The topological polar surface area (TPSA) is 57.5 Å². The second-order valence-corrected chi connectivity index (χ2v) is 9.61. The summed E-state index contributed by atoms with van der Waals surface area (Å²) < 4.78 is 0. The van der Waals surface area contributed by atoms with E-state index in [1.165, 1.54) is 21.9 Å². The molecule has 3 heteroatoms. The van der Waals surface area contributed by atoms with Gasteiger partial charge in [-0.05, 0) is 85.4 Å². The average Bonchev–Trinajstić information content (AvgIpc) is 2.54. The van der Waals surface area contributed by atoms with E-state index in [9.17, 15) is 9.90 Å². The van der Waals surface area contributed by atoms with Crippen LogP contribution < -0.4 is 0 Å². The standard InChI is InChI=1S/C21H24O2.C4H10O/c1-14-12-16-6-4-5-7-17(16)20(18(14)13-19(22)23)15-8-10-21(2,3)11-9-15;1-4(2,3)5/h4-8,12H,9-11,13H2,1-3H3,(H,22,23);5H,1-3H3. The highest BCUT2D eigenvalue weighted by Gasteiger charge is 2.25. The molecule has 3 nitrogen and oxygen atoms in total. The molecular weight excluding hydrogens is 348 g/mol. The van der Waals surface area contributed by atoms with Gasteiger partial charge < -0.3 is 10.2 Å². The molecule has 0 atom stereocenters. The Balaban J connectivity index is 0.000000500. The van der Waals surface area contributed by atoms with E-state index in [2.05, 4.69) is 38.1 Å². The minimum Gasteiger partial charge on any atom is -0.481 e. The normalized spacial score (nSPS) is 16.2. The summed E-state index contributed by atoms with van der Waals surface area (Å²) in [5, 5.41) is 20.2. The number of carboxylic acids is 1. The molecule has 1 aliphatic rings. The monoisotopic (exact) mass is 382 g/mol. The molecule has 0 aliphatic heterocycles. The lowest BCUT2D eigenvalue weighted by Crippen LogP contribution is -2.15. The lowest BCUT2D eigenvalue weighted by atomic mass is 9.75. The Labute approximate surface area is 169 Å². The molecule has 2 aromatic carbocycles. The zero-order valence-electron chi connectivity index (χ0n) is 18.1. The summed E-state index contributed by atoms with van der Waals surface area (Å²) in [4.78, 5) is 11.4. The molecule has 1 aliphatic carbocycles. The maximum atomic E-state index is 11.4. The molecule has 2 N–H and O–H groups in total. The van der Waals surface area contributed by atoms with Crippen LogP contribution in [0.15, 0.2) is 36.4 Å². The third kappa shape index (κ3) is 6.20. The quantitative estimate of drug-likeness (QED) is 0.670.